The van der Waals surface area contributed by atoms with Crippen LogP contribution in [-0.4, -0.2) is 23.9 Å². The third-order valence-corrected chi connectivity index (χ3v) is 4.39. The molecule has 1 unspecified atom stereocenters. The van der Waals surface area contributed by atoms with Crippen molar-refractivity contribution in [3.63, 3.8) is 0 Å². The number of benzene rings is 1. The molecule has 1 aliphatic rings. The van der Waals surface area contributed by atoms with Gasteiger partial charge in [0.1, 0.15) is 0 Å². The molecule has 0 N–H and O–H groups in total. The highest BCUT2D eigenvalue weighted by Gasteiger charge is 2.33. The number of alkyl halides is 3. The number of rotatable bonds is 1. The Morgan fingerprint density at radius 3 is 2.23 bits per heavy atom. The number of carbonyl (C=O) groups excluding carboxylic acids is 1. The smallest absolute Gasteiger partial charge is 0.338 e. The van der Waals surface area contributed by atoms with Crippen LogP contribution in [0.5, 0.6) is 0 Å². The lowest BCUT2D eigenvalue weighted by Gasteiger charge is -2.39. The van der Waals surface area contributed by atoms with Gasteiger partial charge in [0.25, 0.3) is 5.91 Å². The first kappa shape index (κ1) is 16.8. The van der Waals surface area contributed by atoms with Gasteiger partial charge < -0.3 is 4.90 Å². The Labute approximate surface area is 129 Å². The van der Waals surface area contributed by atoms with E-state index in [9.17, 15) is 18.0 Å². The maximum Gasteiger partial charge on any atom is 0.416 e. The summed E-state index contributed by atoms with van der Waals surface area (Å²) in [6, 6.07) is 4.48. The van der Waals surface area contributed by atoms with E-state index in [-0.39, 0.29) is 11.3 Å². The Kier molecular flexibility index (Phi) is 4.54. The van der Waals surface area contributed by atoms with Crippen molar-refractivity contribution >= 4 is 5.91 Å². The number of amides is 1. The minimum Gasteiger partial charge on any atom is -0.338 e. The summed E-state index contributed by atoms with van der Waals surface area (Å²) in [5, 5.41) is 0. The fourth-order valence-electron chi connectivity index (χ4n) is 2.85. The monoisotopic (exact) mass is 313 g/mol. The van der Waals surface area contributed by atoms with Gasteiger partial charge in [-0.3, -0.25) is 4.79 Å². The second kappa shape index (κ2) is 5.94. The van der Waals surface area contributed by atoms with E-state index in [1.165, 1.54) is 12.1 Å². The van der Waals surface area contributed by atoms with Gasteiger partial charge in [0.05, 0.1) is 5.56 Å². The van der Waals surface area contributed by atoms with Crippen LogP contribution in [-0.2, 0) is 6.18 Å². The highest BCUT2D eigenvalue weighted by atomic mass is 19.4. The zero-order valence-corrected chi connectivity index (χ0v) is 13.2. The summed E-state index contributed by atoms with van der Waals surface area (Å²) in [5.74, 6) is 0.238. The molecule has 2 nitrogen and oxygen atoms in total. The van der Waals surface area contributed by atoms with Crippen LogP contribution < -0.4 is 0 Å². The van der Waals surface area contributed by atoms with E-state index in [4.69, 9.17) is 0 Å². The van der Waals surface area contributed by atoms with Crippen LogP contribution in [0, 0.1) is 11.3 Å². The minimum absolute atomic E-state index is 0.124. The largest absolute Gasteiger partial charge is 0.416 e. The molecule has 122 valence electrons. The second-order valence-corrected chi connectivity index (χ2v) is 7.03. The van der Waals surface area contributed by atoms with Crippen molar-refractivity contribution in [1.29, 1.82) is 0 Å². The Hall–Kier alpha value is -1.52. The first-order chi connectivity index (χ1) is 10.1. The van der Waals surface area contributed by atoms with Crippen LogP contribution in [0.15, 0.2) is 24.3 Å². The molecule has 0 radical (unpaired) electrons. The van der Waals surface area contributed by atoms with Crippen LogP contribution >= 0.6 is 0 Å². The van der Waals surface area contributed by atoms with Gasteiger partial charge in [-0.1, -0.05) is 20.8 Å². The average Bonchev–Trinajstić information content (AvgIpc) is 2.45. The molecule has 1 heterocycles. The molecule has 1 aromatic carbocycles. The number of halogens is 3. The van der Waals surface area contributed by atoms with Crippen molar-refractivity contribution in [3.8, 4) is 0 Å². The Balaban J connectivity index is 2.11. The number of hydrogen-bond donors (Lipinski definition) is 0. The lowest BCUT2D eigenvalue weighted by Crippen LogP contribution is -2.43. The van der Waals surface area contributed by atoms with E-state index >= 15 is 0 Å². The normalized spacial score (nSPS) is 20.1. The van der Waals surface area contributed by atoms with Gasteiger partial charge in [-0.15, -0.1) is 0 Å². The molecule has 1 aromatic rings. The molecule has 0 bridgehead atoms. The van der Waals surface area contributed by atoms with Gasteiger partial charge in [-0.25, -0.2) is 0 Å². The first-order valence-electron chi connectivity index (χ1n) is 7.55. The lowest BCUT2D eigenvalue weighted by atomic mass is 9.76. The van der Waals surface area contributed by atoms with E-state index in [0.717, 1.165) is 25.0 Å². The van der Waals surface area contributed by atoms with Gasteiger partial charge in [-0.05, 0) is 48.4 Å². The standard InChI is InChI=1S/C17H22F3NO/c1-16(2,3)14-5-4-10-21(11-14)15(22)12-6-8-13(9-7-12)17(18,19)20/h6-9,14H,4-5,10-11H2,1-3H3. The topological polar surface area (TPSA) is 20.3 Å². The van der Waals surface area contributed by atoms with E-state index in [2.05, 4.69) is 20.8 Å². The molecule has 1 atom stereocenters. The molecular weight excluding hydrogens is 291 g/mol. The predicted molar refractivity (Wildman–Crippen MR) is 79.5 cm³/mol. The predicted octanol–water partition coefficient (Wildman–Crippen LogP) is 4.60. The maximum atomic E-state index is 12.6. The SMILES string of the molecule is CC(C)(C)C1CCCN(C(=O)c2ccc(C(F)(F)F)cc2)C1. The van der Waals surface area contributed by atoms with E-state index in [0.29, 0.717) is 24.6 Å². The summed E-state index contributed by atoms with van der Waals surface area (Å²) in [6.07, 6.45) is -2.35. The fourth-order valence-corrected chi connectivity index (χ4v) is 2.85. The molecule has 2 rings (SSSR count). The zero-order valence-electron chi connectivity index (χ0n) is 13.2. The van der Waals surface area contributed by atoms with Gasteiger partial charge in [-0.2, -0.15) is 13.2 Å². The molecule has 0 aromatic heterocycles. The summed E-state index contributed by atoms with van der Waals surface area (Å²) >= 11 is 0. The maximum absolute atomic E-state index is 12.6. The molecular formula is C17H22F3NO. The average molecular weight is 313 g/mol. The van der Waals surface area contributed by atoms with Crippen molar-refractivity contribution in [1.82, 2.24) is 4.90 Å². The molecule has 0 aliphatic carbocycles. The molecule has 1 saturated heterocycles. The van der Waals surface area contributed by atoms with Gasteiger partial charge in [0, 0.05) is 18.7 Å². The molecule has 1 aliphatic heterocycles. The number of hydrogen-bond acceptors (Lipinski definition) is 1. The molecule has 5 heteroatoms. The first-order valence-corrected chi connectivity index (χ1v) is 7.55. The Bertz CT molecular complexity index is 528. The van der Waals surface area contributed by atoms with Gasteiger partial charge in [0.15, 0.2) is 0 Å². The molecule has 0 spiro atoms. The van der Waals surface area contributed by atoms with Crippen molar-refractivity contribution in [2.75, 3.05) is 13.1 Å². The summed E-state index contributed by atoms with van der Waals surface area (Å²) in [5.41, 5.74) is -0.281. The lowest BCUT2D eigenvalue weighted by molar-refractivity contribution is -0.137. The third-order valence-electron chi connectivity index (χ3n) is 4.39. The van der Waals surface area contributed by atoms with Crippen LogP contribution in [0.4, 0.5) is 13.2 Å². The van der Waals surface area contributed by atoms with E-state index in [1.54, 1.807) is 4.90 Å². The molecule has 1 amide bonds. The van der Waals surface area contributed by atoms with E-state index in [1.807, 2.05) is 0 Å². The van der Waals surface area contributed by atoms with Crippen LogP contribution in [0.3, 0.4) is 0 Å². The molecule has 1 fully saturated rings. The summed E-state index contributed by atoms with van der Waals surface area (Å²) < 4.78 is 37.7. The summed E-state index contributed by atoms with van der Waals surface area (Å²) in [4.78, 5) is 14.2. The van der Waals surface area contributed by atoms with E-state index < -0.39 is 11.7 Å². The highest BCUT2D eigenvalue weighted by Crippen LogP contribution is 2.34. The van der Waals surface area contributed by atoms with Crippen molar-refractivity contribution in [2.45, 2.75) is 39.8 Å². The zero-order chi connectivity index (χ0) is 16.5. The second-order valence-electron chi connectivity index (χ2n) is 7.03. The number of nitrogens with zero attached hydrogens (tertiary/aromatic N) is 1. The number of likely N-dealkylation sites (tertiary alicyclic amines) is 1. The minimum atomic E-state index is -4.37. The highest BCUT2D eigenvalue weighted by molar-refractivity contribution is 5.94. The quantitative estimate of drug-likeness (QED) is 0.742. The van der Waals surface area contributed by atoms with Crippen LogP contribution in [0.2, 0.25) is 0 Å². The fraction of sp³-hybridized carbons (Fsp3) is 0.588. The third kappa shape index (κ3) is 3.81. The van der Waals surface area contributed by atoms with Crippen molar-refractivity contribution < 1.29 is 18.0 Å². The summed E-state index contributed by atoms with van der Waals surface area (Å²) in [7, 11) is 0. The molecule has 0 saturated carbocycles. The number of carbonyl (C=O) groups is 1. The van der Waals surface area contributed by atoms with Crippen LogP contribution in [0.1, 0.15) is 49.5 Å². The van der Waals surface area contributed by atoms with Crippen LogP contribution in [0.25, 0.3) is 0 Å². The van der Waals surface area contributed by atoms with Gasteiger partial charge >= 0.3 is 6.18 Å². The Morgan fingerprint density at radius 2 is 1.73 bits per heavy atom. The van der Waals surface area contributed by atoms with Crippen molar-refractivity contribution in [3.05, 3.63) is 35.4 Å². The Morgan fingerprint density at radius 1 is 1.14 bits per heavy atom. The van der Waals surface area contributed by atoms with Gasteiger partial charge in [0.2, 0.25) is 0 Å². The van der Waals surface area contributed by atoms with Crippen molar-refractivity contribution in [2.24, 2.45) is 11.3 Å². The number of piperidine rings is 1. The molecule has 22 heavy (non-hydrogen) atoms. The summed E-state index contributed by atoms with van der Waals surface area (Å²) in [6.45, 7) is 7.81.